The Kier molecular flexibility index (Phi) is 4.00. The summed E-state index contributed by atoms with van der Waals surface area (Å²) < 4.78 is 49.2. The van der Waals surface area contributed by atoms with Gasteiger partial charge in [0.05, 0.1) is 17.8 Å². The van der Waals surface area contributed by atoms with E-state index in [0.717, 1.165) is 12.1 Å². The number of nitrogen functional groups attached to an aromatic ring is 1. The minimum absolute atomic E-state index is 0.128. The second-order valence-corrected chi connectivity index (χ2v) is 3.53. The largest absolute Gasteiger partial charge is 0.478 e. The smallest absolute Gasteiger partial charge is 0.337 e. The Hall–Kier alpha value is -1.99. The van der Waals surface area contributed by atoms with E-state index in [-0.39, 0.29) is 16.9 Å². The molecule has 1 rings (SSSR count). The molecule has 0 saturated heterocycles. The molecule has 0 bridgehead atoms. The van der Waals surface area contributed by atoms with Crippen LogP contribution >= 0.6 is 0 Å². The van der Waals surface area contributed by atoms with Gasteiger partial charge in [-0.25, -0.2) is 13.6 Å². The van der Waals surface area contributed by atoms with Crippen LogP contribution in [0.4, 0.5) is 28.9 Å². The Labute approximate surface area is 99.4 Å². The highest BCUT2D eigenvalue weighted by molar-refractivity contribution is 5.95. The summed E-state index contributed by atoms with van der Waals surface area (Å²) in [6.07, 6.45) is -3.83. The molecular formula is C10H10F4N2O2. The van der Waals surface area contributed by atoms with E-state index in [0.29, 0.717) is 0 Å². The number of carboxylic acids is 1. The minimum Gasteiger partial charge on any atom is -0.478 e. The first-order valence-electron chi connectivity index (χ1n) is 4.76. The van der Waals surface area contributed by atoms with E-state index >= 15 is 0 Å². The Morgan fingerprint density at radius 1 is 1.44 bits per heavy atom. The molecule has 0 spiro atoms. The molecule has 4 nitrogen and oxygen atoms in total. The maximum Gasteiger partial charge on any atom is 0.337 e. The number of halogens is 4. The fourth-order valence-corrected chi connectivity index (χ4v) is 1.18. The molecule has 4 N–H and O–H groups in total. The third-order valence-corrected chi connectivity index (χ3v) is 2.11. The third-order valence-electron chi connectivity index (χ3n) is 2.11. The van der Waals surface area contributed by atoms with Gasteiger partial charge in [0, 0.05) is 5.69 Å². The van der Waals surface area contributed by atoms with Gasteiger partial charge in [0.25, 0.3) is 0 Å². The molecule has 0 radical (unpaired) electrons. The van der Waals surface area contributed by atoms with E-state index in [1.54, 1.807) is 0 Å². The van der Waals surface area contributed by atoms with Gasteiger partial charge in [-0.15, -0.1) is 0 Å². The number of anilines is 2. The summed E-state index contributed by atoms with van der Waals surface area (Å²) >= 11 is 0. The molecule has 8 heteroatoms. The number of hydrogen-bond acceptors (Lipinski definition) is 3. The van der Waals surface area contributed by atoms with Gasteiger partial charge in [0.1, 0.15) is 0 Å². The number of carbonyl (C=O) groups is 1. The van der Waals surface area contributed by atoms with Crippen molar-refractivity contribution in [2.75, 3.05) is 17.6 Å². The molecule has 0 heterocycles. The maximum atomic E-state index is 12.7. The van der Waals surface area contributed by atoms with Crippen molar-refractivity contribution < 1.29 is 27.5 Å². The van der Waals surface area contributed by atoms with Gasteiger partial charge < -0.3 is 16.2 Å². The van der Waals surface area contributed by atoms with Gasteiger partial charge in [-0.3, -0.25) is 0 Å². The van der Waals surface area contributed by atoms with Crippen LogP contribution in [-0.4, -0.2) is 30.0 Å². The second kappa shape index (κ2) is 5.11. The molecule has 0 aliphatic heterocycles. The van der Waals surface area contributed by atoms with Crippen LogP contribution in [0, 0.1) is 0 Å². The first kappa shape index (κ1) is 14.1. The molecule has 18 heavy (non-hydrogen) atoms. The third kappa shape index (κ3) is 3.25. The highest BCUT2D eigenvalue weighted by atomic mass is 19.3. The van der Waals surface area contributed by atoms with Gasteiger partial charge in [-0.2, -0.15) is 8.78 Å². The normalized spacial score (nSPS) is 11.6. The minimum atomic E-state index is -4.25. The second-order valence-electron chi connectivity index (χ2n) is 3.53. The van der Waals surface area contributed by atoms with Crippen molar-refractivity contribution >= 4 is 17.3 Å². The lowest BCUT2D eigenvalue weighted by Gasteiger charge is -2.17. The lowest BCUT2D eigenvalue weighted by molar-refractivity contribution is -0.117. The van der Waals surface area contributed by atoms with Crippen molar-refractivity contribution in [3.63, 3.8) is 0 Å². The van der Waals surface area contributed by atoms with Crippen molar-refractivity contribution in [1.29, 1.82) is 0 Å². The van der Waals surface area contributed by atoms with Crippen molar-refractivity contribution in [3.05, 3.63) is 23.8 Å². The summed E-state index contributed by atoms with van der Waals surface area (Å²) in [6, 6.07) is 3.45. The number of hydrogen-bond donors (Lipinski definition) is 3. The maximum absolute atomic E-state index is 12.7. The zero-order valence-electron chi connectivity index (χ0n) is 8.96. The van der Waals surface area contributed by atoms with Gasteiger partial charge in [0.2, 0.25) is 0 Å². The van der Waals surface area contributed by atoms with E-state index < -0.39 is 24.9 Å². The molecule has 0 saturated carbocycles. The van der Waals surface area contributed by atoms with Crippen LogP contribution in [0.1, 0.15) is 10.4 Å². The molecule has 0 aliphatic carbocycles. The number of rotatable bonds is 5. The Balaban J connectivity index is 2.90. The van der Waals surface area contributed by atoms with E-state index in [9.17, 15) is 22.4 Å². The molecular weight excluding hydrogens is 256 g/mol. The number of benzene rings is 1. The predicted molar refractivity (Wildman–Crippen MR) is 57.3 cm³/mol. The Morgan fingerprint density at radius 3 is 2.56 bits per heavy atom. The molecule has 0 aliphatic rings. The lowest BCUT2D eigenvalue weighted by atomic mass is 10.1. The average Bonchev–Trinajstić information content (AvgIpc) is 2.26. The lowest BCUT2D eigenvalue weighted by Crippen LogP contribution is -2.35. The quantitative estimate of drug-likeness (QED) is 0.564. The highest BCUT2D eigenvalue weighted by Gasteiger charge is 2.40. The summed E-state index contributed by atoms with van der Waals surface area (Å²) in [4.78, 5) is 10.8. The van der Waals surface area contributed by atoms with Crippen LogP contribution < -0.4 is 11.1 Å². The summed E-state index contributed by atoms with van der Waals surface area (Å²) in [6.45, 7) is -1.38. The van der Waals surface area contributed by atoms with Gasteiger partial charge >= 0.3 is 18.3 Å². The number of carboxylic acid groups (broad SMARTS) is 1. The van der Waals surface area contributed by atoms with E-state index in [4.69, 9.17) is 10.8 Å². The fraction of sp³-hybridized carbons (Fsp3) is 0.300. The summed E-state index contributed by atoms with van der Waals surface area (Å²) in [5.41, 5.74) is 4.93. The molecule has 0 atom stereocenters. The van der Waals surface area contributed by atoms with Crippen molar-refractivity contribution in [1.82, 2.24) is 0 Å². The van der Waals surface area contributed by atoms with Crippen molar-refractivity contribution in [3.8, 4) is 0 Å². The summed E-state index contributed by atoms with van der Waals surface area (Å²) in [7, 11) is 0. The first-order chi connectivity index (χ1) is 8.24. The molecule has 1 aromatic carbocycles. The van der Waals surface area contributed by atoms with E-state index in [1.165, 1.54) is 6.07 Å². The summed E-state index contributed by atoms with van der Waals surface area (Å²) in [5.74, 6) is -5.63. The molecule has 100 valence electrons. The predicted octanol–water partition coefficient (Wildman–Crippen LogP) is 2.28. The monoisotopic (exact) mass is 266 g/mol. The molecule has 1 aromatic rings. The van der Waals surface area contributed by atoms with Crippen molar-refractivity contribution in [2.45, 2.75) is 12.3 Å². The van der Waals surface area contributed by atoms with Crippen LogP contribution in [0.2, 0.25) is 0 Å². The molecule has 0 amide bonds. The average molecular weight is 266 g/mol. The van der Waals surface area contributed by atoms with E-state index in [1.807, 2.05) is 5.32 Å². The highest BCUT2D eigenvalue weighted by Crippen LogP contribution is 2.25. The Bertz CT molecular complexity index is 452. The molecule has 0 fully saturated rings. The van der Waals surface area contributed by atoms with Gasteiger partial charge in [0.15, 0.2) is 0 Å². The summed E-state index contributed by atoms with van der Waals surface area (Å²) in [5, 5.41) is 10.7. The fourth-order valence-electron chi connectivity index (χ4n) is 1.18. The van der Waals surface area contributed by atoms with Gasteiger partial charge in [-0.05, 0) is 18.2 Å². The number of aromatic carboxylic acids is 1. The van der Waals surface area contributed by atoms with Crippen LogP contribution in [0.25, 0.3) is 0 Å². The molecule has 0 aromatic heterocycles. The number of nitrogens with two attached hydrogens (primary N) is 1. The Morgan fingerprint density at radius 2 is 2.06 bits per heavy atom. The first-order valence-corrected chi connectivity index (χ1v) is 4.76. The van der Waals surface area contributed by atoms with Crippen LogP contribution in [0.3, 0.4) is 0 Å². The zero-order chi connectivity index (χ0) is 13.9. The number of alkyl halides is 4. The zero-order valence-corrected chi connectivity index (χ0v) is 8.96. The standard InChI is InChI=1S/C10H10F4N2O2/c11-9(12)10(13,14)4-16-7-3-5(15)1-2-6(7)8(17)18/h1-3,9,16H,4,15H2,(H,17,18). The topological polar surface area (TPSA) is 75.4 Å². The van der Waals surface area contributed by atoms with Crippen molar-refractivity contribution in [2.24, 2.45) is 0 Å². The van der Waals surface area contributed by atoms with Gasteiger partial charge in [-0.1, -0.05) is 0 Å². The van der Waals surface area contributed by atoms with Crippen LogP contribution in [-0.2, 0) is 0 Å². The van der Waals surface area contributed by atoms with Crippen LogP contribution in [0.15, 0.2) is 18.2 Å². The van der Waals surface area contributed by atoms with E-state index in [2.05, 4.69) is 0 Å². The SMILES string of the molecule is Nc1ccc(C(=O)O)c(NCC(F)(F)C(F)F)c1. The molecule has 0 unspecified atom stereocenters. The number of nitrogens with one attached hydrogen (secondary N) is 1. The van der Waals surface area contributed by atoms with Crippen LogP contribution in [0.5, 0.6) is 0 Å².